The summed E-state index contributed by atoms with van der Waals surface area (Å²) in [4.78, 5) is 4.20. The van der Waals surface area contributed by atoms with Crippen molar-refractivity contribution in [1.82, 2.24) is 24.1 Å². The van der Waals surface area contributed by atoms with Crippen molar-refractivity contribution in [3.05, 3.63) is 30.6 Å². The Kier molecular flexibility index (Phi) is 4.53. The Morgan fingerprint density at radius 3 is 2.90 bits per heavy atom. The number of sulfonamides is 1. The molecule has 0 saturated carbocycles. The van der Waals surface area contributed by atoms with Gasteiger partial charge >= 0.3 is 0 Å². The van der Waals surface area contributed by atoms with Gasteiger partial charge in [0, 0.05) is 32.2 Å². The molecule has 0 aliphatic carbocycles. The maximum absolute atomic E-state index is 12.1. The van der Waals surface area contributed by atoms with E-state index in [2.05, 4.69) is 14.8 Å². The molecule has 0 spiro atoms. The Labute approximate surface area is 117 Å². The fourth-order valence-electron chi connectivity index (χ4n) is 1.67. The number of nitrogens with zero attached hydrogens (tertiary/aromatic N) is 4. The van der Waals surface area contributed by atoms with Crippen LogP contribution in [-0.2, 0) is 30.2 Å². The molecule has 110 valence electrons. The molecule has 20 heavy (non-hydrogen) atoms. The van der Waals surface area contributed by atoms with Gasteiger partial charge in [0.05, 0.1) is 12.7 Å². The summed E-state index contributed by atoms with van der Waals surface area (Å²) in [6, 6.07) is 0. The fraction of sp³-hybridized carbons (Fsp3) is 0.455. The second-order valence-electron chi connectivity index (χ2n) is 4.36. The minimum Gasteiger partial charge on any atom is -0.337 e. The summed E-state index contributed by atoms with van der Waals surface area (Å²) in [7, 11) is -1.77. The summed E-state index contributed by atoms with van der Waals surface area (Å²) in [5.74, 6) is 0.643. The summed E-state index contributed by atoms with van der Waals surface area (Å²) in [5.41, 5.74) is 5.40. The Morgan fingerprint density at radius 2 is 2.25 bits per heavy atom. The van der Waals surface area contributed by atoms with Crippen molar-refractivity contribution in [1.29, 1.82) is 0 Å². The minimum atomic E-state index is -3.58. The molecule has 2 aromatic rings. The molecule has 0 aliphatic heterocycles. The molecule has 0 radical (unpaired) electrons. The molecule has 8 nitrogen and oxygen atoms in total. The highest BCUT2D eigenvalue weighted by atomic mass is 32.2. The lowest BCUT2D eigenvalue weighted by atomic mass is 10.4. The molecular formula is C11H18N6O2S. The third-order valence-electron chi connectivity index (χ3n) is 2.85. The maximum Gasteiger partial charge on any atom is 0.244 e. The lowest BCUT2D eigenvalue weighted by molar-refractivity contribution is 0.573. The van der Waals surface area contributed by atoms with Crippen LogP contribution in [-0.4, -0.2) is 34.3 Å². The highest BCUT2D eigenvalue weighted by molar-refractivity contribution is 7.89. The molecule has 0 atom stereocenters. The van der Waals surface area contributed by atoms with E-state index >= 15 is 0 Å². The van der Waals surface area contributed by atoms with Crippen LogP contribution in [0.1, 0.15) is 12.2 Å². The number of hydrogen-bond acceptors (Lipinski definition) is 5. The monoisotopic (exact) mass is 298 g/mol. The molecule has 0 amide bonds. The van der Waals surface area contributed by atoms with Crippen LogP contribution in [0.3, 0.4) is 0 Å². The van der Waals surface area contributed by atoms with Crippen molar-refractivity contribution < 1.29 is 8.42 Å². The zero-order chi connectivity index (χ0) is 14.6. The molecule has 2 aromatic heterocycles. The van der Waals surface area contributed by atoms with Crippen LogP contribution < -0.4 is 10.5 Å². The molecule has 0 aromatic carbocycles. The molecule has 2 heterocycles. The van der Waals surface area contributed by atoms with Crippen molar-refractivity contribution in [3.8, 4) is 0 Å². The zero-order valence-corrected chi connectivity index (χ0v) is 12.0. The first-order valence-corrected chi connectivity index (χ1v) is 7.69. The fourth-order valence-corrected chi connectivity index (χ4v) is 2.60. The molecule has 2 rings (SSSR count). The predicted molar refractivity (Wildman–Crippen MR) is 73.1 cm³/mol. The first-order chi connectivity index (χ1) is 9.53. The molecule has 9 heteroatoms. The molecule has 0 aliphatic rings. The van der Waals surface area contributed by atoms with E-state index in [1.165, 1.54) is 12.4 Å². The standard InChI is InChI=1S/C11H18N6O2S/c1-16-6-4-13-11(16)8-15-20(18,19)10-7-14-17(9-10)5-2-3-12/h4,6-7,9,15H,2-3,5,8,12H2,1H3. The lowest BCUT2D eigenvalue weighted by Crippen LogP contribution is -2.24. The van der Waals surface area contributed by atoms with Gasteiger partial charge in [-0.1, -0.05) is 0 Å². The zero-order valence-electron chi connectivity index (χ0n) is 11.2. The van der Waals surface area contributed by atoms with Crippen molar-refractivity contribution >= 4 is 10.0 Å². The number of aryl methyl sites for hydroxylation is 2. The second-order valence-corrected chi connectivity index (χ2v) is 6.13. The van der Waals surface area contributed by atoms with Crippen LogP contribution in [0.5, 0.6) is 0 Å². The van der Waals surface area contributed by atoms with Gasteiger partial charge in [0.1, 0.15) is 10.7 Å². The Balaban J connectivity index is 2.03. The van der Waals surface area contributed by atoms with Crippen LogP contribution in [0.4, 0.5) is 0 Å². The Hall–Kier alpha value is -1.71. The highest BCUT2D eigenvalue weighted by Gasteiger charge is 2.16. The van der Waals surface area contributed by atoms with E-state index in [9.17, 15) is 8.42 Å². The van der Waals surface area contributed by atoms with Crippen molar-refractivity contribution in [2.24, 2.45) is 12.8 Å². The van der Waals surface area contributed by atoms with Gasteiger partial charge in [-0.15, -0.1) is 0 Å². The molecule has 0 fully saturated rings. The SMILES string of the molecule is Cn1ccnc1CNS(=O)(=O)c1cnn(CCCN)c1. The molecule has 0 unspecified atom stereocenters. The number of hydrogen-bond donors (Lipinski definition) is 2. The van der Waals surface area contributed by atoms with Gasteiger partial charge in [0.15, 0.2) is 0 Å². The van der Waals surface area contributed by atoms with Crippen LogP contribution in [0.15, 0.2) is 29.7 Å². The van der Waals surface area contributed by atoms with E-state index in [0.717, 1.165) is 6.42 Å². The summed E-state index contributed by atoms with van der Waals surface area (Å²) in [5, 5.41) is 4.00. The van der Waals surface area contributed by atoms with Crippen molar-refractivity contribution in [2.75, 3.05) is 6.54 Å². The van der Waals surface area contributed by atoms with Gasteiger partial charge in [-0.25, -0.2) is 18.1 Å². The Bertz CT molecular complexity index is 660. The smallest absolute Gasteiger partial charge is 0.244 e. The lowest BCUT2D eigenvalue weighted by Gasteiger charge is -2.04. The Morgan fingerprint density at radius 1 is 1.45 bits per heavy atom. The van der Waals surface area contributed by atoms with E-state index in [1.54, 1.807) is 21.6 Å². The third-order valence-corrected chi connectivity index (χ3v) is 4.21. The van der Waals surface area contributed by atoms with Crippen LogP contribution in [0.2, 0.25) is 0 Å². The first-order valence-electron chi connectivity index (χ1n) is 6.21. The molecular weight excluding hydrogens is 280 g/mol. The van der Waals surface area contributed by atoms with Crippen LogP contribution >= 0.6 is 0 Å². The van der Waals surface area contributed by atoms with E-state index in [-0.39, 0.29) is 11.4 Å². The van der Waals surface area contributed by atoms with Gasteiger partial charge < -0.3 is 10.3 Å². The quantitative estimate of drug-likeness (QED) is 0.712. The maximum atomic E-state index is 12.1. The summed E-state index contributed by atoms with van der Waals surface area (Å²) >= 11 is 0. The summed E-state index contributed by atoms with van der Waals surface area (Å²) < 4.78 is 30.0. The normalized spacial score (nSPS) is 11.9. The van der Waals surface area contributed by atoms with Gasteiger partial charge in [0.25, 0.3) is 0 Å². The highest BCUT2D eigenvalue weighted by Crippen LogP contribution is 2.08. The average Bonchev–Trinajstić information content (AvgIpc) is 3.03. The summed E-state index contributed by atoms with van der Waals surface area (Å²) in [6.07, 6.45) is 6.96. The average molecular weight is 298 g/mol. The van der Waals surface area contributed by atoms with Gasteiger partial charge in [-0.3, -0.25) is 4.68 Å². The first kappa shape index (κ1) is 14.7. The van der Waals surface area contributed by atoms with Crippen molar-refractivity contribution in [2.45, 2.75) is 24.4 Å². The van der Waals surface area contributed by atoms with Gasteiger partial charge in [-0.2, -0.15) is 5.10 Å². The van der Waals surface area contributed by atoms with E-state index in [0.29, 0.717) is 18.9 Å². The van der Waals surface area contributed by atoms with Gasteiger partial charge in [0.2, 0.25) is 10.0 Å². The topological polar surface area (TPSA) is 108 Å². The van der Waals surface area contributed by atoms with Crippen LogP contribution in [0.25, 0.3) is 0 Å². The van der Waals surface area contributed by atoms with Gasteiger partial charge in [-0.05, 0) is 13.0 Å². The van der Waals surface area contributed by atoms with Crippen LogP contribution in [0, 0.1) is 0 Å². The van der Waals surface area contributed by atoms with E-state index in [1.807, 2.05) is 7.05 Å². The second kappa shape index (κ2) is 6.16. The number of nitrogens with one attached hydrogen (secondary N) is 1. The van der Waals surface area contributed by atoms with E-state index in [4.69, 9.17) is 5.73 Å². The third kappa shape index (κ3) is 3.44. The molecule has 0 saturated heterocycles. The molecule has 0 bridgehead atoms. The largest absolute Gasteiger partial charge is 0.337 e. The minimum absolute atomic E-state index is 0.139. The molecule has 3 N–H and O–H groups in total. The number of aromatic nitrogens is 4. The number of nitrogens with two attached hydrogens (primary N) is 1. The predicted octanol–water partition coefficient (Wildman–Crippen LogP) is -0.556. The number of rotatable bonds is 7. The summed E-state index contributed by atoms with van der Waals surface area (Å²) in [6.45, 7) is 1.28. The number of imidazole rings is 1. The van der Waals surface area contributed by atoms with Crippen molar-refractivity contribution in [3.63, 3.8) is 0 Å². The van der Waals surface area contributed by atoms with E-state index < -0.39 is 10.0 Å².